The van der Waals surface area contributed by atoms with Crippen molar-refractivity contribution in [1.29, 1.82) is 0 Å². The van der Waals surface area contributed by atoms with Crippen LogP contribution in [0.15, 0.2) is 18.2 Å². The van der Waals surface area contributed by atoms with Gasteiger partial charge in [-0.05, 0) is 11.6 Å². The van der Waals surface area contributed by atoms with E-state index in [0.29, 0.717) is 5.56 Å². The minimum atomic E-state index is -0.587. The Hall–Kier alpha value is -2.11. The molecular weight excluding hydrogens is 200 g/mol. The van der Waals surface area contributed by atoms with Crippen LogP contribution in [-0.2, 0) is 16.0 Å². The van der Waals surface area contributed by atoms with Crippen molar-refractivity contribution in [2.24, 2.45) is 0 Å². The van der Waals surface area contributed by atoms with E-state index in [1.165, 1.54) is 19.2 Å². The van der Waals surface area contributed by atoms with E-state index in [-0.39, 0.29) is 17.8 Å². The Morgan fingerprint density at radius 3 is 2.80 bits per heavy atom. The summed E-state index contributed by atoms with van der Waals surface area (Å²) in [5.74, 6) is -0.450. The Bertz CT molecular complexity index is 403. The van der Waals surface area contributed by atoms with E-state index in [1.54, 1.807) is 6.07 Å². The number of ether oxygens (including phenoxy) is 1. The van der Waals surface area contributed by atoms with Gasteiger partial charge in [-0.25, -0.2) is 0 Å². The number of methoxy groups -OCH3 is 1. The molecule has 15 heavy (non-hydrogen) atoms. The van der Waals surface area contributed by atoms with Crippen LogP contribution in [0, 0.1) is 10.1 Å². The summed E-state index contributed by atoms with van der Waals surface area (Å²) in [5, 5.41) is 10.5. The number of nitrogens with zero attached hydrogens (tertiary/aromatic N) is 1. The van der Waals surface area contributed by atoms with E-state index in [2.05, 4.69) is 4.74 Å². The lowest BCUT2D eigenvalue weighted by atomic mass is 10.1. The summed E-state index contributed by atoms with van der Waals surface area (Å²) < 4.78 is 4.44. The van der Waals surface area contributed by atoms with Crippen molar-refractivity contribution in [2.75, 3.05) is 12.8 Å². The van der Waals surface area contributed by atoms with Crippen molar-refractivity contribution >= 4 is 17.3 Å². The van der Waals surface area contributed by atoms with E-state index in [9.17, 15) is 14.9 Å². The second kappa shape index (κ2) is 4.41. The highest BCUT2D eigenvalue weighted by Crippen LogP contribution is 2.22. The highest BCUT2D eigenvalue weighted by atomic mass is 16.6. The Kier molecular flexibility index (Phi) is 3.22. The molecule has 0 saturated heterocycles. The molecule has 0 atom stereocenters. The summed E-state index contributed by atoms with van der Waals surface area (Å²) in [4.78, 5) is 20.9. The molecule has 0 aliphatic carbocycles. The molecule has 0 aliphatic rings. The normalized spacial score (nSPS) is 9.67. The standard InChI is InChI=1S/C9H10N2O4/c1-15-9(12)5-6-2-3-7(10)8(4-6)11(13)14/h2-4H,5,10H2,1H3. The van der Waals surface area contributed by atoms with Crippen molar-refractivity contribution in [3.8, 4) is 0 Å². The molecule has 0 fully saturated rings. The van der Waals surface area contributed by atoms with Crippen LogP contribution in [0.25, 0.3) is 0 Å². The van der Waals surface area contributed by atoms with Crippen molar-refractivity contribution in [2.45, 2.75) is 6.42 Å². The zero-order valence-electron chi connectivity index (χ0n) is 8.10. The molecule has 0 radical (unpaired) electrons. The van der Waals surface area contributed by atoms with Crippen molar-refractivity contribution in [1.82, 2.24) is 0 Å². The van der Waals surface area contributed by atoms with Crippen LogP contribution in [-0.4, -0.2) is 18.0 Å². The quantitative estimate of drug-likeness (QED) is 0.346. The van der Waals surface area contributed by atoms with Gasteiger partial charge in [0, 0.05) is 6.07 Å². The summed E-state index contributed by atoms with van der Waals surface area (Å²) >= 11 is 0. The van der Waals surface area contributed by atoms with E-state index >= 15 is 0 Å². The fourth-order valence-corrected chi connectivity index (χ4v) is 1.10. The average Bonchev–Trinajstić information content (AvgIpc) is 2.20. The number of nitrogens with two attached hydrogens (primary N) is 1. The smallest absolute Gasteiger partial charge is 0.309 e. The monoisotopic (exact) mass is 210 g/mol. The lowest BCUT2D eigenvalue weighted by Gasteiger charge is -2.01. The van der Waals surface area contributed by atoms with Gasteiger partial charge in [-0.3, -0.25) is 14.9 Å². The molecule has 0 amide bonds. The fourth-order valence-electron chi connectivity index (χ4n) is 1.10. The Morgan fingerprint density at radius 1 is 1.60 bits per heavy atom. The van der Waals surface area contributed by atoms with Crippen LogP contribution >= 0.6 is 0 Å². The molecule has 1 aromatic rings. The predicted octanol–water partition coefficient (Wildman–Crippen LogP) is 0.892. The summed E-state index contributed by atoms with van der Waals surface area (Å²) in [6.07, 6.45) is -0.00236. The lowest BCUT2D eigenvalue weighted by Crippen LogP contribution is -2.05. The first-order chi connectivity index (χ1) is 7.04. The molecule has 0 aromatic heterocycles. The summed E-state index contributed by atoms with van der Waals surface area (Å²) in [6.45, 7) is 0. The Balaban J connectivity index is 2.97. The van der Waals surface area contributed by atoms with Gasteiger partial charge < -0.3 is 10.5 Å². The van der Waals surface area contributed by atoms with Gasteiger partial charge in [0.05, 0.1) is 18.5 Å². The van der Waals surface area contributed by atoms with Gasteiger partial charge in [-0.1, -0.05) is 6.07 Å². The summed E-state index contributed by atoms with van der Waals surface area (Å²) in [7, 11) is 1.26. The van der Waals surface area contributed by atoms with Crippen molar-refractivity contribution < 1.29 is 14.5 Å². The Morgan fingerprint density at radius 2 is 2.27 bits per heavy atom. The summed E-state index contributed by atoms with van der Waals surface area (Å²) in [5.41, 5.74) is 5.78. The van der Waals surface area contributed by atoms with Gasteiger partial charge in [0.15, 0.2) is 0 Å². The van der Waals surface area contributed by atoms with Crippen molar-refractivity contribution in [3.05, 3.63) is 33.9 Å². The molecule has 6 nitrogen and oxygen atoms in total. The number of nitro benzene ring substituents is 1. The molecule has 0 unspecified atom stereocenters. The maximum Gasteiger partial charge on any atom is 0.309 e. The van der Waals surface area contributed by atoms with Crippen LogP contribution in [0.1, 0.15) is 5.56 Å². The first kappa shape index (κ1) is 11.0. The van der Waals surface area contributed by atoms with E-state index in [0.717, 1.165) is 0 Å². The van der Waals surface area contributed by atoms with Crippen LogP contribution in [0.3, 0.4) is 0 Å². The minimum absolute atomic E-state index is 0.00236. The number of anilines is 1. The predicted molar refractivity (Wildman–Crippen MR) is 53.2 cm³/mol. The topological polar surface area (TPSA) is 95.5 Å². The first-order valence-corrected chi connectivity index (χ1v) is 4.14. The minimum Gasteiger partial charge on any atom is -0.469 e. The third-order valence-corrected chi connectivity index (χ3v) is 1.87. The number of hydrogen-bond donors (Lipinski definition) is 1. The SMILES string of the molecule is COC(=O)Cc1ccc(N)c([N+](=O)[O-])c1. The molecule has 0 spiro atoms. The molecule has 0 bridgehead atoms. The molecule has 0 heterocycles. The first-order valence-electron chi connectivity index (χ1n) is 4.14. The molecule has 1 aromatic carbocycles. The fraction of sp³-hybridized carbons (Fsp3) is 0.222. The van der Waals surface area contributed by atoms with E-state index in [1.807, 2.05) is 0 Å². The molecule has 0 aliphatic heterocycles. The molecule has 2 N–H and O–H groups in total. The highest BCUT2D eigenvalue weighted by molar-refractivity contribution is 5.73. The van der Waals surface area contributed by atoms with Crippen LogP contribution < -0.4 is 5.73 Å². The number of nitrogen functional groups attached to an aromatic ring is 1. The van der Waals surface area contributed by atoms with Crippen LogP contribution in [0.4, 0.5) is 11.4 Å². The Labute approximate surface area is 85.8 Å². The molecule has 0 saturated carbocycles. The van der Waals surface area contributed by atoms with Gasteiger partial charge in [0.2, 0.25) is 0 Å². The van der Waals surface area contributed by atoms with Gasteiger partial charge in [0.25, 0.3) is 5.69 Å². The second-order valence-corrected chi connectivity index (χ2v) is 2.90. The van der Waals surface area contributed by atoms with Gasteiger partial charge in [-0.15, -0.1) is 0 Å². The third-order valence-electron chi connectivity index (χ3n) is 1.87. The maximum atomic E-state index is 10.9. The molecule has 80 valence electrons. The maximum absolute atomic E-state index is 10.9. The second-order valence-electron chi connectivity index (χ2n) is 2.90. The largest absolute Gasteiger partial charge is 0.469 e. The summed E-state index contributed by atoms with van der Waals surface area (Å²) in [6, 6.07) is 4.22. The van der Waals surface area contributed by atoms with Crippen LogP contribution in [0.5, 0.6) is 0 Å². The van der Waals surface area contributed by atoms with Crippen LogP contribution in [0.2, 0.25) is 0 Å². The zero-order valence-corrected chi connectivity index (χ0v) is 8.10. The van der Waals surface area contributed by atoms with Crippen molar-refractivity contribution in [3.63, 3.8) is 0 Å². The molecule has 6 heteroatoms. The molecular formula is C9H10N2O4. The number of carbonyl (C=O) groups excluding carboxylic acids is 1. The number of nitro groups is 1. The third kappa shape index (κ3) is 2.67. The highest BCUT2D eigenvalue weighted by Gasteiger charge is 2.13. The lowest BCUT2D eigenvalue weighted by molar-refractivity contribution is -0.383. The molecule has 1 rings (SSSR count). The number of esters is 1. The van der Waals surface area contributed by atoms with Gasteiger partial charge in [-0.2, -0.15) is 0 Å². The number of carbonyl (C=O) groups is 1. The number of benzene rings is 1. The zero-order chi connectivity index (χ0) is 11.4. The van der Waals surface area contributed by atoms with Gasteiger partial charge >= 0.3 is 5.97 Å². The van der Waals surface area contributed by atoms with E-state index < -0.39 is 10.9 Å². The number of hydrogen-bond acceptors (Lipinski definition) is 5. The average molecular weight is 210 g/mol. The van der Waals surface area contributed by atoms with Gasteiger partial charge in [0.1, 0.15) is 5.69 Å². The van der Waals surface area contributed by atoms with E-state index in [4.69, 9.17) is 5.73 Å². The number of rotatable bonds is 3.